The van der Waals surface area contributed by atoms with Crippen molar-refractivity contribution in [1.29, 1.82) is 0 Å². The number of rotatable bonds is 60. The summed E-state index contributed by atoms with van der Waals surface area (Å²) >= 11 is 0. The Morgan fingerprint density at radius 2 is 0.500 bits per heavy atom. The molecule has 0 spiro atoms. The number of hydrogen-bond donors (Lipinski definition) is 0. The highest BCUT2D eigenvalue weighted by molar-refractivity contribution is 5.71. The molecule has 0 radical (unpaired) electrons. The summed E-state index contributed by atoms with van der Waals surface area (Å²) in [5, 5.41) is 0. The van der Waals surface area contributed by atoms with Crippen molar-refractivity contribution in [3.8, 4) is 0 Å². The molecule has 0 aliphatic heterocycles. The van der Waals surface area contributed by atoms with Crippen LogP contribution in [0.1, 0.15) is 323 Å². The van der Waals surface area contributed by atoms with Crippen molar-refractivity contribution in [2.45, 2.75) is 329 Å². The molecule has 448 valence electrons. The molecule has 1 atom stereocenters. The van der Waals surface area contributed by atoms with Gasteiger partial charge in [0.25, 0.3) is 0 Å². The van der Waals surface area contributed by atoms with Gasteiger partial charge < -0.3 is 14.2 Å². The maximum Gasteiger partial charge on any atom is 0.306 e. The van der Waals surface area contributed by atoms with Gasteiger partial charge in [0.15, 0.2) is 6.10 Å². The molecular formula is C72H124O6. The van der Waals surface area contributed by atoms with Crippen molar-refractivity contribution in [2.75, 3.05) is 13.2 Å². The van der Waals surface area contributed by atoms with Gasteiger partial charge in [-0.3, -0.25) is 14.4 Å². The lowest BCUT2D eigenvalue weighted by atomic mass is 10.0. The molecule has 0 bridgehead atoms. The van der Waals surface area contributed by atoms with E-state index in [1.54, 1.807) is 0 Å². The number of unbranched alkanes of at least 4 members (excludes halogenated alkanes) is 33. The van der Waals surface area contributed by atoms with Crippen LogP contribution < -0.4 is 0 Å². The first-order valence-electron chi connectivity index (χ1n) is 33.2. The predicted octanol–water partition coefficient (Wildman–Crippen LogP) is 22.8. The van der Waals surface area contributed by atoms with Gasteiger partial charge >= 0.3 is 17.9 Å². The number of ether oxygens (including phenoxy) is 3. The predicted molar refractivity (Wildman–Crippen MR) is 339 cm³/mol. The number of allylic oxidation sites excluding steroid dienone is 16. The van der Waals surface area contributed by atoms with E-state index in [9.17, 15) is 14.4 Å². The fourth-order valence-corrected chi connectivity index (χ4v) is 9.32. The maximum absolute atomic E-state index is 12.9. The molecule has 0 saturated heterocycles. The Kier molecular flexibility index (Phi) is 62.7. The summed E-state index contributed by atoms with van der Waals surface area (Å²) in [7, 11) is 0. The molecule has 1 unspecified atom stereocenters. The highest BCUT2D eigenvalue weighted by Gasteiger charge is 2.19. The lowest BCUT2D eigenvalue weighted by molar-refractivity contribution is -0.167. The average molecular weight is 1090 g/mol. The van der Waals surface area contributed by atoms with Crippen LogP contribution in [0.4, 0.5) is 0 Å². The van der Waals surface area contributed by atoms with E-state index < -0.39 is 6.10 Å². The Morgan fingerprint density at radius 1 is 0.269 bits per heavy atom. The Hall–Kier alpha value is -3.67. The lowest BCUT2D eigenvalue weighted by Crippen LogP contribution is -2.30. The standard InChI is InChI=1S/C72H124O6/c1-4-7-10-13-16-19-22-25-28-31-33-34-35-36-37-38-40-41-44-47-50-53-56-59-62-65-71(74)77-68-69(67-76-70(73)64-61-58-55-52-49-46-43-30-27-24-21-18-15-12-9-6-3)78-72(75)66-63-60-57-54-51-48-45-42-39-32-29-26-23-20-17-14-11-8-5-2/h8,11,17,20-21,24,26,29-31,33,39,42-43,48,51,69H,4-7,9-10,12-16,18-19,22-23,25,27-28,32,34-38,40-41,44-47,49-50,52-68H2,1-3H3/b11-8-,20-17-,24-21-,29-26-,33-31-,42-39-,43-30-,51-48-. The Morgan fingerprint density at radius 3 is 0.821 bits per heavy atom. The fraction of sp³-hybridized carbons (Fsp3) is 0.736. The summed E-state index contributed by atoms with van der Waals surface area (Å²) in [4.78, 5) is 38.4. The molecule has 0 N–H and O–H groups in total. The second-order valence-electron chi connectivity index (χ2n) is 22.0. The van der Waals surface area contributed by atoms with Crippen molar-refractivity contribution in [3.63, 3.8) is 0 Å². The Labute approximate surface area is 483 Å². The van der Waals surface area contributed by atoms with E-state index in [4.69, 9.17) is 14.2 Å². The van der Waals surface area contributed by atoms with Crippen molar-refractivity contribution in [1.82, 2.24) is 0 Å². The molecule has 0 aromatic carbocycles. The molecule has 0 rings (SSSR count). The van der Waals surface area contributed by atoms with Crippen molar-refractivity contribution in [2.24, 2.45) is 0 Å². The van der Waals surface area contributed by atoms with E-state index in [1.165, 1.54) is 161 Å². The van der Waals surface area contributed by atoms with E-state index >= 15 is 0 Å². The highest BCUT2D eigenvalue weighted by atomic mass is 16.6. The lowest BCUT2D eigenvalue weighted by Gasteiger charge is -2.18. The van der Waals surface area contributed by atoms with Gasteiger partial charge in [0.2, 0.25) is 0 Å². The van der Waals surface area contributed by atoms with Crippen molar-refractivity contribution in [3.05, 3.63) is 97.2 Å². The van der Waals surface area contributed by atoms with Gasteiger partial charge in [-0.15, -0.1) is 0 Å². The van der Waals surface area contributed by atoms with Gasteiger partial charge in [0.1, 0.15) is 13.2 Å². The number of hydrogen-bond acceptors (Lipinski definition) is 6. The molecule has 0 aromatic rings. The molecule has 0 aliphatic rings. The van der Waals surface area contributed by atoms with Crippen molar-refractivity contribution >= 4 is 17.9 Å². The Balaban J connectivity index is 4.39. The van der Waals surface area contributed by atoms with E-state index in [2.05, 4.69) is 118 Å². The Bertz CT molecular complexity index is 1530. The van der Waals surface area contributed by atoms with Crippen LogP contribution >= 0.6 is 0 Å². The summed E-state index contributed by atoms with van der Waals surface area (Å²) in [6.45, 7) is 6.50. The SMILES string of the molecule is CC/C=C\C/C=C\C/C=C\C/C=C\C/C=C\CCCCCC(=O)OC(COC(=O)CCCCCCC/C=C\C/C=C\CCCCCC)COC(=O)CCCCCCCCCCCCCCC/C=C\CCCCCCCCCC. The van der Waals surface area contributed by atoms with E-state index in [1.807, 2.05) is 0 Å². The molecule has 78 heavy (non-hydrogen) atoms. The molecule has 0 aliphatic carbocycles. The van der Waals surface area contributed by atoms with Gasteiger partial charge in [0.05, 0.1) is 0 Å². The van der Waals surface area contributed by atoms with E-state index in [0.717, 1.165) is 122 Å². The van der Waals surface area contributed by atoms with Gasteiger partial charge in [0, 0.05) is 19.3 Å². The zero-order valence-electron chi connectivity index (χ0n) is 51.4. The van der Waals surface area contributed by atoms with Crippen molar-refractivity contribution < 1.29 is 28.6 Å². The topological polar surface area (TPSA) is 78.9 Å². The highest BCUT2D eigenvalue weighted by Crippen LogP contribution is 2.16. The normalized spacial score (nSPS) is 12.7. The second kappa shape index (κ2) is 65.8. The summed E-state index contributed by atoms with van der Waals surface area (Å²) in [6.07, 6.45) is 88.5. The zero-order valence-corrected chi connectivity index (χ0v) is 51.4. The first-order chi connectivity index (χ1) is 38.5. The number of esters is 3. The number of carbonyl (C=O) groups excluding carboxylic acids is 3. The van der Waals surface area contributed by atoms with Gasteiger partial charge in [-0.1, -0.05) is 279 Å². The summed E-state index contributed by atoms with van der Waals surface area (Å²) < 4.78 is 16.9. The van der Waals surface area contributed by atoms with Crippen LogP contribution in [0.25, 0.3) is 0 Å². The quantitative estimate of drug-likeness (QED) is 0.0261. The van der Waals surface area contributed by atoms with Gasteiger partial charge in [-0.05, 0) is 122 Å². The minimum atomic E-state index is -0.803. The first-order valence-corrected chi connectivity index (χ1v) is 33.2. The molecule has 0 aromatic heterocycles. The van der Waals surface area contributed by atoms with Crippen LogP contribution in [0.15, 0.2) is 97.2 Å². The van der Waals surface area contributed by atoms with E-state index in [0.29, 0.717) is 12.8 Å². The molecule has 0 saturated carbocycles. The monoisotopic (exact) mass is 1080 g/mol. The minimum absolute atomic E-state index is 0.0948. The van der Waals surface area contributed by atoms with Gasteiger partial charge in [-0.2, -0.15) is 0 Å². The van der Waals surface area contributed by atoms with Crippen LogP contribution in [0.5, 0.6) is 0 Å². The fourth-order valence-electron chi connectivity index (χ4n) is 9.32. The molecule has 0 fully saturated rings. The molecule has 0 amide bonds. The average Bonchev–Trinajstić information content (AvgIpc) is 3.44. The van der Waals surface area contributed by atoms with Crippen LogP contribution in [-0.4, -0.2) is 37.2 Å². The molecular weight excluding hydrogens is 961 g/mol. The minimum Gasteiger partial charge on any atom is -0.462 e. The first kappa shape index (κ1) is 74.3. The summed E-state index contributed by atoms with van der Waals surface area (Å²) in [6, 6.07) is 0. The molecule has 6 heteroatoms. The van der Waals surface area contributed by atoms with Crippen LogP contribution in [0, 0.1) is 0 Å². The third-order valence-electron chi connectivity index (χ3n) is 14.3. The van der Waals surface area contributed by atoms with Gasteiger partial charge in [-0.25, -0.2) is 0 Å². The summed E-state index contributed by atoms with van der Waals surface area (Å²) in [5.74, 6) is -0.931. The molecule has 0 heterocycles. The van der Waals surface area contributed by atoms with Crippen LogP contribution in [0.2, 0.25) is 0 Å². The molecule has 6 nitrogen and oxygen atoms in total. The largest absolute Gasteiger partial charge is 0.462 e. The summed E-state index contributed by atoms with van der Waals surface area (Å²) in [5.41, 5.74) is 0. The zero-order chi connectivity index (χ0) is 56.4. The third kappa shape index (κ3) is 63.2. The van der Waals surface area contributed by atoms with Crippen LogP contribution in [0.3, 0.4) is 0 Å². The second-order valence-corrected chi connectivity index (χ2v) is 22.0. The number of carbonyl (C=O) groups is 3. The maximum atomic E-state index is 12.9. The smallest absolute Gasteiger partial charge is 0.306 e. The van der Waals surface area contributed by atoms with E-state index in [-0.39, 0.29) is 37.5 Å². The third-order valence-corrected chi connectivity index (χ3v) is 14.3. The van der Waals surface area contributed by atoms with Crippen LogP contribution in [-0.2, 0) is 28.6 Å².